The molecule has 2 rings (SSSR count). The highest BCUT2D eigenvalue weighted by Gasteiger charge is 2.23. The van der Waals surface area contributed by atoms with Gasteiger partial charge in [0.1, 0.15) is 11.5 Å². The zero-order valence-corrected chi connectivity index (χ0v) is 19.6. The summed E-state index contributed by atoms with van der Waals surface area (Å²) in [6, 6.07) is 5.84. The lowest BCUT2D eigenvalue weighted by molar-refractivity contribution is -0.121. The van der Waals surface area contributed by atoms with E-state index in [-0.39, 0.29) is 29.9 Å². The molecule has 0 radical (unpaired) electrons. The summed E-state index contributed by atoms with van der Waals surface area (Å²) >= 11 is 0. The summed E-state index contributed by atoms with van der Waals surface area (Å²) < 4.78 is 10.7. The molecule has 0 saturated carbocycles. The van der Waals surface area contributed by atoms with Gasteiger partial charge >= 0.3 is 0 Å². The summed E-state index contributed by atoms with van der Waals surface area (Å²) in [6.07, 6.45) is 3.45. The molecule has 1 saturated heterocycles. The van der Waals surface area contributed by atoms with Crippen molar-refractivity contribution >= 4 is 35.8 Å². The number of piperidine rings is 1. The van der Waals surface area contributed by atoms with Gasteiger partial charge in [0.05, 0.1) is 14.2 Å². The fourth-order valence-corrected chi connectivity index (χ4v) is 3.43. The minimum absolute atomic E-state index is 0. The maximum absolute atomic E-state index is 11.5. The van der Waals surface area contributed by atoms with Gasteiger partial charge in [0, 0.05) is 40.2 Å². The van der Waals surface area contributed by atoms with E-state index in [1.54, 1.807) is 21.3 Å². The van der Waals surface area contributed by atoms with E-state index in [1.165, 1.54) is 0 Å². The van der Waals surface area contributed by atoms with Gasteiger partial charge in [-0.05, 0) is 48.9 Å². The van der Waals surface area contributed by atoms with Crippen LogP contribution in [0.4, 0.5) is 0 Å². The van der Waals surface area contributed by atoms with Crippen LogP contribution in [0.15, 0.2) is 23.2 Å². The van der Waals surface area contributed by atoms with Crippen LogP contribution in [0.3, 0.4) is 0 Å². The number of hydrogen-bond donors (Lipinski definition) is 2. The average Bonchev–Trinajstić information content (AvgIpc) is 2.71. The lowest BCUT2D eigenvalue weighted by atomic mass is 9.93. The van der Waals surface area contributed by atoms with Crippen LogP contribution in [0.5, 0.6) is 11.5 Å². The standard InChI is InChI=1S/C20H32N4O3.HI/c1-21-19(25)13-15-8-11-24(12-9-15)20(22-2)23-10-7-16-14-17(26-3)5-6-18(16)27-4;/h5-6,14-15H,7-13H2,1-4H3,(H,21,25)(H,22,23);1H. The van der Waals surface area contributed by atoms with Crippen LogP contribution < -0.4 is 20.1 Å². The van der Waals surface area contributed by atoms with E-state index in [9.17, 15) is 4.79 Å². The normalized spacial score (nSPS) is 14.9. The zero-order valence-electron chi connectivity index (χ0n) is 17.3. The van der Waals surface area contributed by atoms with Crippen LogP contribution in [0.2, 0.25) is 0 Å². The molecule has 1 aromatic carbocycles. The van der Waals surface area contributed by atoms with Crippen molar-refractivity contribution in [2.24, 2.45) is 10.9 Å². The number of ether oxygens (including phenoxy) is 2. The van der Waals surface area contributed by atoms with Crippen LogP contribution >= 0.6 is 24.0 Å². The number of guanidine groups is 1. The molecule has 158 valence electrons. The van der Waals surface area contributed by atoms with Crippen LogP contribution in [0.1, 0.15) is 24.8 Å². The first-order valence-electron chi connectivity index (χ1n) is 9.48. The molecule has 1 amide bonds. The second kappa shape index (κ2) is 12.7. The quantitative estimate of drug-likeness (QED) is 0.339. The van der Waals surface area contributed by atoms with Crippen molar-refractivity contribution in [2.45, 2.75) is 25.7 Å². The number of nitrogens with one attached hydrogen (secondary N) is 2. The topological polar surface area (TPSA) is 75.2 Å². The fourth-order valence-electron chi connectivity index (χ4n) is 3.43. The van der Waals surface area contributed by atoms with Crippen molar-refractivity contribution < 1.29 is 14.3 Å². The van der Waals surface area contributed by atoms with Crippen LogP contribution in [-0.2, 0) is 11.2 Å². The average molecular weight is 504 g/mol. The number of halogens is 1. The first kappa shape index (κ1) is 24.3. The molecule has 1 aromatic rings. The van der Waals surface area contributed by atoms with Gasteiger partial charge in [-0.3, -0.25) is 9.79 Å². The highest BCUT2D eigenvalue weighted by atomic mass is 127. The molecule has 7 nitrogen and oxygen atoms in total. The maximum Gasteiger partial charge on any atom is 0.220 e. The molecule has 0 aromatic heterocycles. The van der Waals surface area contributed by atoms with E-state index < -0.39 is 0 Å². The van der Waals surface area contributed by atoms with Gasteiger partial charge in [0.2, 0.25) is 5.91 Å². The lowest BCUT2D eigenvalue weighted by Gasteiger charge is -2.34. The van der Waals surface area contributed by atoms with Crippen molar-refractivity contribution in [3.8, 4) is 11.5 Å². The Labute approximate surface area is 185 Å². The Kier molecular flexibility index (Phi) is 11.0. The Morgan fingerprint density at radius 2 is 1.96 bits per heavy atom. The summed E-state index contributed by atoms with van der Waals surface area (Å²) in [5.41, 5.74) is 1.10. The Bertz CT molecular complexity index is 646. The number of carbonyl (C=O) groups is 1. The van der Waals surface area contributed by atoms with Crippen molar-refractivity contribution in [3.63, 3.8) is 0 Å². The van der Waals surface area contributed by atoms with E-state index in [0.29, 0.717) is 12.3 Å². The second-order valence-electron chi connectivity index (χ2n) is 6.71. The Hall–Kier alpha value is -1.71. The molecular weight excluding hydrogens is 471 g/mol. The molecule has 1 aliphatic heterocycles. The summed E-state index contributed by atoms with van der Waals surface area (Å²) in [6.45, 7) is 2.60. The van der Waals surface area contributed by atoms with Gasteiger partial charge in [0.15, 0.2) is 5.96 Å². The smallest absolute Gasteiger partial charge is 0.220 e. The minimum atomic E-state index is 0. The SMILES string of the molecule is CN=C(NCCc1cc(OC)ccc1OC)N1CCC(CC(=O)NC)CC1.I. The molecule has 1 aliphatic rings. The van der Waals surface area contributed by atoms with E-state index >= 15 is 0 Å². The van der Waals surface area contributed by atoms with Crippen molar-refractivity contribution in [1.82, 2.24) is 15.5 Å². The van der Waals surface area contributed by atoms with Crippen molar-refractivity contribution in [3.05, 3.63) is 23.8 Å². The summed E-state index contributed by atoms with van der Waals surface area (Å²) in [7, 11) is 6.85. The van der Waals surface area contributed by atoms with Gasteiger partial charge in [-0.2, -0.15) is 0 Å². The summed E-state index contributed by atoms with van der Waals surface area (Å²) in [5, 5.41) is 6.15. The van der Waals surface area contributed by atoms with Gasteiger partial charge in [-0.15, -0.1) is 24.0 Å². The van der Waals surface area contributed by atoms with Crippen LogP contribution in [0.25, 0.3) is 0 Å². The van der Waals surface area contributed by atoms with Gasteiger partial charge < -0.3 is 25.0 Å². The van der Waals surface area contributed by atoms with E-state index in [2.05, 4.69) is 20.5 Å². The fraction of sp³-hybridized carbons (Fsp3) is 0.600. The highest BCUT2D eigenvalue weighted by molar-refractivity contribution is 14.0. The molecule has 0 atom stereocenters. The van der Waals surface area contributed by atoms with Gasteiger partial charge in [-0.1, -0.05) is 0 Å². The first-order chi connectivity index (χ1) is 13.1. The number of benzene rings is 1. The Balaban J connectivity index is 0.00000392. The number of nitrogens with zero attached hydrogens (tertiary/aromatic N) is 2. The van der Waals surface area contributed by atoms with Crippen LogP contribution in [0, 0.1) is 5.92 Å². The number of methoxy groups -OCH3 is 2. The van der Waals surface area contributed by atoms with Crippen LogP contribution in [-0.4, -0.2) is 64.7 Å². The molecular formula is C20H33IN4O3. The number of carbonyl (C=O) groups excluding carboxylic acids is 1. The van der Waals surface area contributed by atoms with Gasteiger partial charge in [-0.25, -0.2) is 0 Å². The monoisotopic (exact) mass is 504 g/mol. The third-order valence-electron chi connectivity index (χ3n) is 5.04. The largest absolute Gasteiger partial charge is 0.497 e. The van der Waals surface area contributed by atoms with E-state index in [4.69, 9.17) is 9.47 Å². The number of aliphatic imine (C=N–C) groups is 1. The number of rotatable bonds is 7. The number of amides is 1. The molecule has 8 heteroatoms. The molecule has 2 N–H and O–H groups in total. The minimum Gasteiger partial charge on any atom is -0.497 e. The van der Waals surface area contributed by atoms with Gasteiger partial charge in [0.25, 0.3) is 0 Å². The molecule has 0 aliphatic carbocycles. The molecule has 1 heterocycles. The third kappa shape index (κ3) is 7.03. The molecule has 28 heavy (non-hydrogen) atoms. The first-order valence-corrected chi connectivity index (χ1v) is 9.48. The number of hydrogen-bond acceptors (Lipinski definition) is 4. The van der Waals surface area contributed by atoms with Crippen molar-refractivity contribution in [1.29, 1.82) is 0 Å². The highest BCUT2D eigenvalue weighted by Crippen LogP contribution is 2.24. The predicted molar refractivity (Wildman–Crippen MR) is 123 cm³/mol. The Morgan fingerprint density at radius 3 is 2.54 bits per heavy atom. The molecule has 0 spiro atoms. The van der Waals surface area contributed by atoms with E-state index in [1.807, 2.05) is 25.2 Å². The second-order valence-corrected chi connectivity index (χ2v) is 6.71. The summed E-state index contributed by atoms with van der Waals surface area (Å²) in [5.74, 6) is 3.19. The zero-order chi connectivity index (χ0) is 19.6. The molecule has 1 fully saturated rings. The molecule has 0 bridgehead atoms. The predicted octanol–water partition coefficient (Wildman–Crippen LogP) is 2.29. The third-order valence-corrected chi connectivity index (χ3v) is 5.04. The van der Waals surface area contributed by atoms with Crippen molar-refractivity contribution in [2.75, 3.05) is 47.9 Å². The lowest BCUT2D eigenvalue weighted by Crippen LogP contribution is -2.46. The number of likely N-dealkylation sites (tertiary alicyclic amines) is 1. The van der Waals surface area contributed by atoms with E-state index in [0.717, 1.165) is 61.9 Å². The molecule has 0 unspecified atom stereocenters. The maximum atomic E-state index is 11.5. The Morgan fingerprint density at radius 1 is 1.25 bits per heavy atom. The summed E-state index contributed by atoms with van der Waals surface area (Å²) in [4.78, 5) is 18.2.